The molecule has 0 atom stereocenters. The van der Waals surface area contributed by atoms with E-state index in [9.17, 15) is 9.59 Å². The average molecular weight is 338 g/mol. The van der Waals surface area contributed by atoms with Crippen LogP contribution in [0.3, 0.4) is 0 Å². The molecule has 3 aromatic rings. The molecular weight excluding hydrogens is 320 g/mol. The van der Waals surface area contributed by atoms with Gasteiger partial charge in [-0.15, -0.1) is 0 Å². The first kappa shape index (κ1) is 16.7. The fourth-order valence-corrected chi connectivity index (χ4v) is 2.61. The summed E-state index contributed by atoms with van der Waals surface area (Å²) in [5.41, 5.74) is 2.84. The zero-order chi connectivity index (χ0) is 18.0. The van der Waals surface area contributed by atoms with Crippen LogP contribution in [0.4, 0.5) is 0 Å². The van der Waals surface area contributed by atoms with Crippen molar-refractivity contribution in [1.29, 1.82) is 0 Å². The van der Waals surface area contributed by atoms with Crippen LogP contribution in [0.25, 0.3) is 5.65 Å². The second-order valence-corrected chi connectivity index (χ2v) is 5.71. The molecular formula is C19H18N2O4. The molecule has 0 radical (unpaired) electrons. The molecule has 128 valence electrons. The maximum atomic E-state index is 12.2. The number of carbonyl (C=O) groups is 1. The number of carbonyl (C=O) groups excluding carboxylic acids is 1. The first-order chi connectivity index (χ1) is 12.0. The van der Waals surface area contributed by atoms with Crippen LogP contribution in [-0.2, 0) is 11.3 Å². The van der Waals surface area contributed by atoms with Crippen LogP contribution in [0.15, 0.2) is 47.3 Å². The van der Waals surface area contributed by atoms with Gasteiger partial charge in [-0.1, -0.05) is 12.1 Å². The number of rotatable bonds is 4. The van der Waals surface area contributed by atoms with Gasteiger partial charge in [0.1, 0.15) is 18.0 Å². The standard InChI is InChI=1S/C19H18N2O4/c1-12-7-8-14(9-16(12)24-3)19(23)25-11-15-10-18(22)21-13(2)5-4-6-17(21)20-15/h4-10H,11H2,1-3H3. The lowest BCUT2D eigenvalue weighted by molar-refractivity contribution is 0.0467. The molecule has 0 saturated heterocycles. The van der Waals surface area contributed by atoms with Crippen LogP contribution in [0.1, 0.15) is 27.3 Å². The van der Waals surface area contributed by atoms with Gasteiger partial charge in [0.2, 0.25) is 0 Å². The summed E-state index contributed by atoms with van der Waals surface area (Å²) >= 11 is 0. The average Bonchev–Trinajstić information content (AvgIpc) is 2.60. The maximum absolute atomic E-state index is 12.2. The third-order valence-electron chi connectivity index (χ3n) is 3.93. The number of aromatic nitrogens is 2. The quantitative estimate of drug-likeness (QED) is 0.684. The van der Waals surface area contributed by atoms with E-state index >= 15 is 0 Å². The van der Waals surface area contributed by atoms with Crippen LogP contribution in [0, 0.1) is 13.8 Å². The van der Waals surface area contributed by atoms with Gasteiger partial charge in [0.15, 0.2) is 0 Å². The van der Waals surface area contributed by atoms with E-state index in [4.69, 9.17) is 9.47 Å². The van der Waals surface area contributed by atoms with Crippen LogP contribution in [0.5, 0.6) is 5.75 Å². The van der Waals surface area contributed by atoms with Crippen molar-refractivity contribution >= 4 is 11.6 Å². The van der Waals surface area contributed by atoms with Crippen molar-refractivity contribution < 1.29 is 14.3 Å². The molecule has 0 spiro atoms. The van der Waals surface area contributed by atoms with Gasteiger partial charge in [0.05, 0.1) is 18.4 Å². The van der Waals surface area contributed by atoms with E-state index in [0.29, 0.717) is 22.7 Å². The van der Waals surface area contributed by atoms with Crippen molar-refractivity contribution in [1.82, 2.24) is 9.38 Å². The second kappa shape index (κ2) is 6.76. The molecule has 1 aromatic carbocycles. The Labute approximate surface area is 144 Å². The molecule has 6 nitrogen and oxygen atoms in total. The van der Waals surface area contributed by atoms with E-state index in [-0.39, 0.29) is 12.2 Å². The Hall–Kier alpha value is -3.15. The summed E-state index contributed by atoms with van der Waals surface area (Å²) in [7, 11) is 1.55. The lowest BCUT2D eigenvalue weighted by atomic mass is 10.1. The van der Waals surface area contributed by atoms with Gasteiger partial charge in [-0.25, -0.2) is 9.78 Å². The van der Waals surface area contributed by atoms with Crippen molar-refractivity contribution in [2.75, 3.05) is 7.11 Å². The summed E-state index contributed by atoms with van der Waals surface area (Å²) in [4.78, 5) is 28.8. The lowest BCUT2D eigenvalue weighted by Gasteiger charge is -2.09. The van der Waals surface area contributed by atoms with Crippen molar-refractivity contribution in [3.8, 4) is 5.75 Å². The Morgan fingerprint density at radius 2 is 1.96 bits per heavy atom. The number of benzene rings is 1. The van der Waals surface area contributed by atoms with Crippen molar-refractivity contribution in [3.63, 3.8) is 0 Å². The predicted octanol–water partition coefficient (Wildman–Crippen LogP) is 2.68. The molecule has 0 unspecified atom stereocenters. The van der Waals surface area contributed by atoms with Gasteiger partial charge in [0.25, 0.3) is 5.56 Å². The van der Waals surface area contributed by atoms with Gasteiger partial charge in [-0.2, -0.15) is 0 Å². The van der Waals surface area contributed by atoms with Crippen LogP contribution in [-0.4, -0.2) is 22.5 Å². The second-order valence-electron chi connectivity index (χ2n) is 5.71. The number of hydrogen-bond donors (Lipinski definition) is 0. The molecule has 0 aliphatic heterocycles. The first-order valence-electron chi connectivity index (χ1n) is 7.79. The molecule has 0 N–H and O–H groups in total. The molecule has 2 heterocycles. The summed E-state index contributed by atoms with van der Waals surface area (Å²) in [6.45, 7) is 3.65. The molecule has 3 rings (SSSR count). The highest BCUT2D eigenvalue weighted by Crippen LogP contribution is 2.19. The summed E-state index contributed by atoms with van der Waals surface area (Å²) in [5, 5.41) is 0. The van der Waals surface area contributed by atoms with E-state index in [1.54, 1.807) is 31.4 Å². The molecule has 25 heavy (non-hydrogen) atoms. The number of nitrogens with zero attached hydrogens (tertiary/aromatic N) is 2. The Kier molecular flexibility index (Phi) is 4.52. The smallest absolute Gasteiger partial charge is 0.338 e. The highest BCUT2D eigenvalue weighted by atomic mass is 16.5. The number of methoxy groups -OCH3 is 1. The summed E-state index contributed by atoms with van der Waals surface area (Å²) in [6, 6.07) is 11.9. The maximum Gasteiger partial charge on any atom is 0.338 e. The monoisotopic (exact) mass is 338 g/mol. The van der Waals surface area contributed by atoms with E-state index < -0.39 is 5.97 Å². The zero-order valence-corrected chi connectivity index (χ0v) is 14.3. The van der Waals surface area contributed by atoms with Crippen LogP contribution in [0.2, 0.25) is 0 Å². The van der Waals surface area contributed by atoms with Crippen LogP contribution < -0.4 is 10.3 Å². The Bertz CT molecular complexity index is 1010. The predicted molar refractivity (Wildman–Crippen MR) is 93.0 cm³/mol. The molecule has 0 amide bonds. The highest BCUT2D eigenvalue weighted by Gasteiger charge is 2.11. The summed E-state index contributed by atoms with van der Waals surface area (Å²) in [6.07, 6.45) is 0. The SMILES string of the molecule is COc1cc(C(=O)OCc2cc(=O)n3c(C)cccc3n2)ccc1C. The molecule has 0 fully saturated rings. The number of ether oxygens (including phenoxy) is 2. The van der Waals surface area contributed by atoms with Crippen molar-refractivity contribution in [2.24, 2.45) is 0 Å². The zero-order valence-electron chi connectivity index (χ0n) is 14.3. The number of aryl methyl sites for hydroxylation is 2. The van der Waals surface area contributed by atoms with E-state index in [2.05, 4.69) is 4.98 Å². The molecule has 0 aliphatic carbocycles. The van der Waals surface area contributed by atoms with Gasteiger partial charge in [-0.3, -0.25) is 9.20 Å². The number of fused-ring (bicyclic) bond motifs is 1. The molecule has 6 heteroatoms. The topological polar surface area (TPSA) is 69.9 Å². The first-order valence-corrected chi connectivity index (χ1v) is 7.79. The van der Waals surface area contributed by atoms with Gasteiger partial charge >= 0.3 is 5.97 Å². The summed E-state index contributed by atoms with van der Waals surface area (Å²) < 4.78 is 12.0. The largest absolute Gasteiger partial charge is 0.496 e. The van der Waals surface area contributed by atoms with Crippen LogP contribution >= 0.6 is 0 Å². The molecule has 0 bridgehead atoms. The lowest BCUT2D eigenvalue weighted by Crippen LogP contribution is -2.18. The normalized spacial score (nSPS) is 10.7. The minimum absolute atomic E-state index is 0.0747. The minimum Gasteiger partial charge on any atom is -0.496 e. The highest BCUT2D eigenvalue weighted by molar-refractivity contribution is 5.90. The third-order valence-corrected chi connectivity index (χ3v) is 3.93. The minimum atomic E-state index is -0.496. The summed E-state index contributed by atoms with van der Waals surface area (Å²) in [5.74, 6) is 0.122. The van der Waals surface area contributed by atoms with Gasteiger partial charge in [-0.05, 0) is 43.7 Å². The van der Waals surface area contributed by atoms with Crippen molar-refractivity contribution in [3.05, 3.63) is 75.3 Å². The molecule has 0 saturated carbocycles. The fourth-order valence-electron chi connectivity index (χ4n) is 2.61. The number of pyridine rings is 1. The Balaban J connectivity index is 1.81. The number of hydrogen-bond acceptors (Lipinski definition) is 5. The van der Waals surface area contributed by atoms with Gasteiger partial charge in [0, 0.05) is 11.8 Å². The Morgan fingerprint density at radius 3 is 2.72 bits per heavy atom. The van der Waals surface area contributed by atoms with Crippen molar-refractivity contribution in [2.45, 2.75) is 20.5 Å². The van der Waals surface area contributed by atoms with E-state index in [1.165, 1.54) is 10.5 Å². The third kappa shape index (κ3) is 3.38. The van der Waals surface area contributed by atoms with E-state index in [0.717, 1.165) is 11.3 Å². The Morgan fingerprint density at radius 1 is 1.16 bits per heavy atom. The van der Waals surface area contributed by atoms with E-state index in [1.807, 2.05) is 26.0 Å². The molecule has 2 aromatic heterocycles. The van der Waals surface area contributed by atoms with Gasteiger partial charge < -0.3 is 9.47 Å². The fraction of sp³-hybridized carbons (Fsp3) is 0.211. The number of esters is 1. The molecule has 0 aliphatic rings.